The Morgan fingerprint density at radius 2 is 1.95 bits per heavy atom. The van der Waals surface area contributed by atoms with E-state index in [1.807, 2.05) is 0 Å². The molecule has 5 heteroatoms. The van der Waals surface area contributed by atoms with Crippen LogP contribution in [-0.2, 0) is 0 Å². The fraction of sp³-hybridized carbons (Fsp3) is 0.333. The van der Waals surface area contributed by atoms with E-state index in [0.29, 0.717) is 5.75 Å². The van der Waals surface area contributed by atoms with Gasteiger partial charge >= 0.3 is 0 Å². The number of hydrogen-bond donors (Lipinski definition) is 0. The van der Waals surface area contributed by atoms with Crippen molar-refractivity contribution >= 4 is 5.82 Å². The van der Waals surface area contributed by atoms with Gasteiger partial charge in [0.1, 0.15) is 11.9 Å². The van der Waals surface area contributed by atoms with Crippen LogP contribution in [0.3, 0.4) is 0 Å². The van der Waals surface area contributed by atoms with Crippen LogP contribution in [0.5, 0.6) is 5.75 Å². The maximum Gasteiger partial charge on any atom is 0.165 e. The van der Waals surface area contributed by atoms with E-state index < -0.39 is 0 Å². The Bertz CT molecular complexity index is 556. The van der Waals surface area contributed by atoms with Gasteiger partial charge < -0.3 is 9.64 Å². The second-order valence-electron chi connectivity index (χ2n) is 4.80. The Labute approximate surface area is 117 Å². The van der Waals surface area contributed by atoms with E-state index in [0.717, 1.165) is 31.7 Å². The summed E-state index contributed by atoms with van der Waals surface area (Å²) in [5.74, 6) is 0.922. The number of ether oxygens (including phenoxy) is 1. The highest BCUT2D eigenvalue weighted by Crippen LogP contribution is 2.23. The number of nitrogens with zero attached hydrogens (tertiary/aromatic N) is 3. The normalized spacial score (nSPS) is 16.1. The summed E-state index contributed by atoms with van der Waals surface area (Å²) in [4.78, 5) is 10.5. The standard InChI is InChI=1S/C15H16FN3O/c16-13-3-1-2-4-14(13)20-12-5-9-19(10-6-12)15-11-17-7-8-18-15/h1-4,7-8,11-12H,5-6,9-10H2. The summed E-state index contributed by atoms with van der Waals surface area (Å²) in [5.41, 5.74) is 0. The van der Waals surface area contributed by atoms with Gasteiger partial charge in [0, 0.05) is 38.3 Å². The van der Waals surface area contributed by atoms with Crippen LogP contribution in [0.2, 0.25) is 0 Å². The van der Waals surface area contributed by atoms with E-state index in [4.69, 9.17) is 4.74 Å². The summed E-state index contributed by atoms with van der Waals surface area (Å²) in [7, 11) is 0. The van der Waals surface area contributed by atoms with Crippen LogP contribution in [0.15, 0.2) is 42.9 Å². The van der Waals surface area contributed by atoms with Crippen LogP contribution in [0.25, 0.3) is 0 Å². The zero-order chi connectivity index (χ0) is 13.8. The molecule has 1 saturated heterocycles. The quantitative estimate of drug-likeness (QED) is 0.861. The van der Waals surface area contributed by atoms with Crippen LogP contribution >= 0.6 is 0 Å². The number of piperidine rings is 1. The minimum atomic E-state index is -0.302. The van der Waals surface area contributed by atoms with E-state index in [9.17, 15) is 4.39 Å². The van der Waals surface area contributed by atoms with Crippen LogP contribution in [0, 0.1) is 5.82 Å². The number of para-hydroxylation sites is 1. The average molecular weight is 273 g/mol. The Morgan fingerprint density at radius 3 is 2.65 bits per heavy atom. The first kappa shape index (κ1) is 12.8. The van der Waals surface area contributed by atoms with Crippen molar-refractivity contribution in [3.63, 3.8) is 0 Å². The van der Waals surface area contributed by atoms with E-state index >= 15 is 0 Å². The maximum atomic E-state index is 13.5. The molecule has 0 aliphatic carbocycles. The first-order chi connectivity index (χ1) is 9.83. The molecule has 0 amide bonds. The lowest BCUT2D eigenvalue weighted by Gasteiger charge is -2.32. The molecule has 4 nitrogen and oxygen atoms in total. The number of halogens is 1. The van der Waals surface area contributed by atoms with Crippen LogP contribution < -0.4 is 9.64 Å². The first-order valence-corrected chi connectivity index (χ1v) is 6.75. The van der Waals surface area contributed by atoms with Gasteiger partial charge in [0.2, 0.25) is 0 Å². The Morgan fingerprint density at radius 1 is 1.15 bits per heavy atom. The third kappa shape index (κ3) is 2.87. The molecule has 0 N–H and O–H groups in total. The predicted octanol–water partition coefficient (Wildman–Crippen LogP) is 2.66. The number of rotatable bonds is 3. The highest BCUT2D eigenvalue weighted by molar-refractivity contribution is 5.35. The van der Waals surface area contributed by atoms with Crippen molar-refractivity contribution in [2.45, 2.75) is 18.9 Å². The number of aromatic nitrogens is 2. The van der Waals surface area contributed by atoms with Gasteiger partial charge in [-0.25, -0.2) is 9.37 Å². The van der Waals surface area contributed by atoms with Crippen molar-refractivity contribution in [2.24, 2.45) is 0 Å². The molecule has 0 saturated carbocycles. The molecular weight excluding hydrogens is 257 g/mol. The minimum absolute atomic E-state index is 0.0554. The minimum Gasteiger partial charge on any atom is -0.487 e. The topological polar surface area (TPSA) is 38.2 Å². The molecule has 0 atom stereocenters. The number of hydrogen-bond acceptors (Lipinski definition) is 4. The molecule has 1 aromatic carbocycles. The SMILES string of the molecule is Fc1ccccc1OC1CCN(c2cnccn2)CC1. The van der Waals surface area contributed by atoms with Gasteiger partial charge in [-0.15, -0.1) is 0 Å². The summed E-state index contributed by atoms with van der Waals surface area (Å²) in [6.07, 6.45) is 6.88. The summed E-state index contributed by atoms with van der Waals surface area (Å²) < 4.78 is 19.3. The van der Waals surface area contributed by atoms with Crippen molar-refractivity contribution in [1.82, 2.24) is 9.97 Å². The lowest BCUT2D eigenvalue weighted by molar-refractivity contribution is 0.163. The highest BCUT2D eigenvalue weighted by atomic mass is 19.1. The number of benzene rings is 1. The van der Waals surface area contributed by atoms with Crippen LogP contribution in [0.1, 0.15) is 12.8 Å². The van der Waals surface area contributed by atoms with Crippen molar-refractivity contribution in [3.05, 3.63) is 48.7 Å². The molecule has 2 heterocycles. The third-order valence-electron chi connectivity index (χ3n) is 3.45. The smallest absolute Gasteiger partial charge is 0.165 e. The van der Waals surface area contributed by atoms with Gasteiger partial charge in [0.15, 0.2) is 11.6 Å². The van der Waals surface area contributed by atoms with Gasteiger partial charge in [-0.2, -0.15) is 0 Å². The second kappa shape index (κ2) is 5.86. The molecule has 0 radical (unpaired) electrons. The van der Waals surface area contributed by atoms with E-state index in [1.54, 1.807) is 36.8 Å². The van der Waals surface area contributed by atoms with Crippen LogP contribution in [0.4, 0.5) is 10.2 Å². The molecule has 1 fully saturated rings. The largest absolute Gasteiger partial charge is 0.487 e. The lowest BCUT2D eigenvalue weighted by atomic mass is 10.1. The van der Waals surface area contributed by atoms with Crippen molar-refractivity contribution in [2.75, 3.05) is 18.0 Å². The molecule has 20 heavy (non-hydrogen) atoms. The van der Waals surface area contributed by atoms with Crippen molar-refractivity contribution < 1.29 is 9.13 Å². The summed E-state index contributed by atoms with van der Waals surface area (Å²) in [5, 5.41) is 0. The Kier molecular flexibility index (Phi) is 3.76. The van der Waals surface area contributed by atoms with Gasteiger partial charge in [0.25, 0.3) is 0 Å². The van der Waals surface area contributed by atoms with E-state index in [-0.39, 0.29) is 11.9 Å². The molecule has 1 aromatic heterocycles. The molecular formula is C15H16FN3O. The second-order valence-corrected chi connectivity index (χ2v) is 4.80. The average Bonchev–Trinajstić information content (AvgIpc) is 2.51. The molecule has 2 aromatic rings. The van der Waals surface area contributed by atoms with Gasteiger partial charge in [-0.1, -0.05) is 12.1 Å². The van der Waals surface area contributed by atoms with E-state index in [1.165, 1.54) is 6.07 Å². The van der Waals surface area contributed by atoms with Crippen molar-refractivity contribution in [1.29, 1.82) is 0 Å². The van der Waals surface area contributed by atoms with Crippen molar-refractivity contribution in [3.8, 4) is 5.75 Å². The Hall–Kier alpha value is -2.17. The molecule has 0 spiro atoms. The fourth-order valence-electron chi connectivity index (χ4n) is 2.38. The molecule has 0 bridgehead atoms. The first-order valence-electron chi connectivity index (χ1n) is 6.75. The predicted molar refractivity (Wildman–Crippen MR) is 74.3 cm³/mol. The maximum absolute atomic E-state index is 13.5. The third-order valence-corrected chi connectivity index (χ3v) is 3.45. The van der Waals surface area contributed by atoms with Gasteiger partial charge in [-0.3, -0.25) is 4.98 Å². The van der Waals surface area contributed by atoms with Gasteiger partial charge in [-0.05, 0) is 12.1 Å². The molecule has 1 aliphatic heterocycles. The monoisotopic (exact) mass is 273 g/mol. The number of anilines is 1. The lowest BCUT2D eigenvalue weighted by Crippen LogP contribution is -2.38. The Balaban J connectivity index is 1.58. The van der Waals surface area contributed by atoms with E-state index in [2.05, 4.69) is 14.9 Å². The van der Waals surface area contributed by atoms with Gasteiger partial charge in [0.05, 0.1) is 6.20 Å². The molecule has 104 valence electrons. The highest BCUT2D eigenvalue weighted by Gasteiger charge is 2.22. The summed E-state index contributed by atoms with van der Waals surface area (Å²) in [6.45, 7) is 1.69. The summed E-state index contributed by atoms with van der Waals surface area (Å²) >= 11 is 0. The molecule has 3 rings (SSSR count). The fourth-order valence-corrected chi connectivity index (χ4v) is 2.38. The van der Waals surface area contributed by atoms with Crippen LogP contribution in [-0.4, -0.2) is 29.2 Å². The molecule has 1 aliphatic rings. The molecule has 0 unspecified atom stereocenters. The zero-order valence-electron chi connectivity index (χ0n) is 11.1. The summed E-state index contributed by atoms with van der Waals surface area (Å²) in [6, 6.07) is 6.54. The zero-order valence-corrected chi connectivity index (χ0v) is 11.1.